The van der Waals surface area contributed by atoms with Crippen LogP contribution in [0.5, 0.6) is 0 Å². The quantitative estimate of drug-likeness (QED) is 0.303. The summed E-state index contributed by atoms with van der Waals surface area (Å²) in [6.45, 7) is 4.28. The van der Waals surface area contributed by atoms with Crippen LogP contribution >= 0.6 is 0 Å². The largest absolute Gasteiger partial charge is 0.361 e. The Kier molecular flexibility index (Phi) is 4.84. The molecule has 4 aromatic carbocycles. The molecular weight excluding hydrogens is 416 g/mol. The summed E-state index contributed by atoms with van der Waals surface area (Å²) in [5.74, 6) is 0.659. The molecule has 164 valence electrons. The van der Waals surface area contributed by atoms with Crippen LogP contribution in [-0.4, -0.2) is 15.0 Å². The molecule has 0 aliphatic carbocycles. The molecule has 2 aromatic heterocycles. The van der Waals surface area contributed by atoms with Gasteiger partial charge in [-0.1, -0.05) is 60.7 Å². The summed E-state index contributed by atoms with van der Waals surface area (Å²) in [5.41, 5.74) is 8.52. The molecule has 2 heterocycles. The first kappa shape index (κ1) is 20.2. The van der Waals surface area contributed by atoms with E-state index in [9.17, 15) is 0 Å². The number of aromatic amines is 1. The second-order valence-corrected chi connectivity index (χ2v) is 8.58. The summed E-state index contributed by atoms with van der Waals surface area (Å²) in [6, 6.07) is 33.5. The predicted molar refractivity (Wildman–Crippen MR) is 141 cm³/mol. The highest BCUT2D eigenvalue weighted by Gasteiger charge is 2.21. The topological polar surface area (TPSA) is 44.8 Å². The van der Waals surface area contributed by atoms with Crippen LogP contribution in [0.25, 0.3) is 33.1 Å². The molecule has 34 heavy (non-hydrogen) atoms. The Labute approximate surface area is 198 Å². The van der Waals surface area contributed by atoms with Gasteiger partial charge in [-0.15, -0.1) is 0 Å². The molecule has 0 fully saturated rings. The third-order valence-electron chi connectivity index (χ3n) is 6.30. The number of nitrogens with zero attached hydrogens (tertiary/aromatic N) is 3. The minimum Gasteiger partial charge on any atom is -0.361 e. The first-order valence-corrected chi connectivity index (χ1v) is 11.4. The van der Waals surface area contributed by atoms with Gasteiger partial charge in [0.25, 0.3) is 0 Å². The lowest BCUT2D eigenvalue weighted by Gasteiger charge is -2.27. The molecule has 0 amide bonds. The normalized spacial score (nSPS) is 11.2. The highest BCUT2D eigenvalue weighted by atomic mass is 15.3. The van der Waals surface area contributed by atoms with Gasteiger partial charge in [-0.05, 0) is 61.4 Å². The molecule has 4 nitrogen and oxygen atoms in total. The molecule has 4 heteroatoms. The number of rotatable bonds is 4. The van der Waals surface area contributed by atoms with Crippen LogP contribution in [0.2, 0.25) is 0 Å². The summed E-state index contributed by atoms with van der Waals surface area (Å²) in [5, 5.41) is 2.20. The number of aromatic nitrogens is 3. The van der Waals surface area contributed by atoms with Crippen LogP contribution in [-0.2, 0) is 0 Å². The molecule has 0 atom stereocenters. The number of anilines is 3. The van der Waals surface area contributed by atoms with Crippen LogP contribution in [0.15, 0.2) is 103 Å². The molecule has 6 rings (SSSR count). The van der Waals surface area contributed by atoms with Crippen molar-refractivity contribution in [1.82, 2.24) is 15.0 Å². The minimum atomic E-state index is 0.659. The van der Waals surface area contributed by atoms with Crippen LogP contribution in [0.4, 0.5) is 17.3 Å². The summed E-state index contributed by atoms with van der Waals surface area (Å²) in [6.07, 6.45) is 1.97. The van der Waals surface area contributed by atoms with E-state index in [2.05, 4.69) is 103 Å². The summed E-state index contributed by atoms with van der Waals surface area (Å²) in [4.78, 5) is 15.7. The standard InChI is InChI=1S/C30H24N4/c1-20-9-8-10-21(2)29(20)34(24-11-4-3-5-12-24)30-32-27-14-7-6-13-25(27)28(33-30)23-15-16-26-22(19-23)17-18-31-26/h3-19,31H,1-2H3. The van der Waals surface area contributed by atoms with Crippen LogP contribution in [0.3, 0.4) is 0 Å². The van der Waals surface area contributed by atoms with E-state index in [1.54, 1.807) is 0 Å². The van der Waals surface area contributed by atoms with E-state index >= 15 is 0 Å². The molecule has 0 saturated carbocycles. The van der Waals surface area contributed by atoms with E-state index in [0.29, 0.717) is 5.95 Å². The van der Waals surface area contributed by atoms with Crippen molar-refractivity contribution in [3.05, 3.63) is 114 Å². The first-order valence-electron chi connectivity index (χ1n) is 11.4. The van der Waals surface area contributed by atoms with E-state index < -0.39 is 0 Å². The zero-order chi connectivity index (χ0) is 23.1. The highest BCUT2D eigenvalue weighted by Crippen LogP contribution is 2.39. The van der Waals surface area contributed by atoms with Crippen molar-refractivity contribution in [1.29, 1.82) is 0 Å². The molecule has 0 saturated heterocycles. The zero-order valence-corrected chi connectivity index (χ0v) is 19.2. The second-order valence-electron chi connectivity index (χ2n) is 8.58. The molecule has 0 aliphatic rings. The Morgan fingerprint density at radius 1 is 0.706 bits per heavy atom. The van der Waals surface area contributed by atoms with Gasteiger partial charge in [0.2, 0.25) is 5.95 Å². The van der Waals surface area contributed by atoms with Crippen LogP contribution in [0.1, 0.15) is 11.1 Å². The highest BCUT2D eigenvalue weighted by molar-refractivity contribution is 5.96. The van der Waals surface area contributed by atoms with E-state index in [-0.39, 0.29) is 0 Å². The van der Waals surface area contributed by atoms with Gasteiger partial charge >= 0.3 is 0 Å². The van der Waals surface area contributed by atoms with Crippen molar-refractivity contribution < 1.29 is 0 Å². The molecule has 1 N–H and O–H groups in total. The van der Waals surface area contributed by atoms with Crippen LogP contribution < -0.4 is 4.90 Å². The van der Waals surface area contributed by atoms with Crippen molar-refractivity contribution in [2.45, 2.75) is 13.8 Å². The molecule has 0 spiro atoms. The zero-order valence-electron chi connectivity index (χ0n) is 19.2. The number of hydrogen-bond donors (Lipinski definition) is 1. The molecular formula is C30H24N4. The number of H-pyrrole nitrogens is 1. The maximum atomic E-state index is 5.20. The third-order valence-corrected chi connectivity index (χ3v) is 6.30. The van der Waals surface area contributed by atoms with Crippen molar-refractivity contribution in [3.8, 4) is 11.3 Å². The third kappa shape index (κ3) is 3.41. The Bertz CT molecular complexity index is 1610. The molecule has 0 unspecified atom stereocenters. The van der Waals surface area contributed by atoms with Gasteiger partial charge in [0, 0.05) is 33.7 Å². The number of benzene rings is 4. The van der Waals surface area contributed by atoms with Crippen molar-refractivity contribution in [2.24, 2.45) is 0 Å². The SMILES string of the molecule is Cc1cccc(C)c1N(c1ccccc1)c1nc(-c2ccc3[nH]ccc3c2)c2ccccc2n1. The van der Waals surface area contributed by atoms with Crippen molar-refractivity contribution in [3.63, 3.8) is 0 Å². The predicted octanol–water partition coefficient (Wildman–Crippen LogP) is 7.86. The van der Waals surface area contributed by atoms with Gasteiger partial charge in [-0.3, -0.25) is 4.90 Å². The van der Waals surface area contributed by atoms with Gasteiger partial charge in [0.1, 0.15) is 0 Å². The maximum Gasteiger partial charge on any atom is 0.235 e. The van der Waals surface area contributed by atoms with Gasteiger partial charge in [0.15, 0.2) is 0 Å². The summed E-state index contributed by atoms with van der Waals surface area (Å²) < 4.78 is 0. The van der Waals surface area contributed by atoms with E-state index in [0.717, 1.165) is 44.4 Å². The number of para-hydroxylation sites is 3. The average molecular weight is 441 g/mol. The Morgan fingerprint density at radius 3 is 2.29 bits per heavy atom. The van der Waals surface area contributed by atoms with Crippen molar-refractivity contribution >= 4 is 39.1 Å². The Balaban J connectivity index is 1.65. The molecule has 6 aromatic rings. The van der Waals surface area contributed by atoms with Gasteiger partial charge in [-0.25, -0.2) is 9.97 Å². The smallest absolute Gasteiger partial charge is 0.235 e. The van der Waals surface area contributed by atoms with E-state index in [1.807, 2.05) is 24.4 Å². The summed E-state index contributed by atoms with van der Waals surface area (Å²) in [7, 11) is 0. The van der Waals surface area contributed by atoms with Crippen molar-refractivity contribution in [2.75, 3.05) is 4.90 Å². The lowest BCUT2D eigenvalue weighted by atomic mass is 10.0. The fourth-order valence-corrected chi connectivity index (χ4v) is 4.66. The van der Waals surface area contributed by atoms with Gasteiger partial charge in [0.05, 0.1) is 16.9 Å². The first-order chi connectivity index (χ1) is 16.7. The summed E-state index contributed by atoms with van der Waals surface area (Å²) >= 11 is 0. The lowest BCUT2D eigenvalue weighted by molar-refractivity contribution is 1.09. The number of fused-ring (bicyclic) bond motifs is 2. The fraction of sp³-hybridized carbons (Fsp3) is 0.0667. The second kappa shape index (κ2) is 8.16. The average Bonchev–Trinajstić information content (AvgIpc) is 3.34. The molecule has 0 radical (unpaired) electrons. The van der Waals surface area contributed by atoms with Crippen LogP contribution in [0, 0.1) is 13.8 Å². The maximum absolute atomic E-state index is 5.20. The fourth-order valence-electron chi connectivity index (χ4n) is 4.66. The minimum absolute atomic E-state index is 0.659. The molecule has 0 aliphatic heterocycles. The Morgan fingerprint density at radius 2 is 1.47 bits per heavy atom. The Hall–Kier alpha value is -4.44. The van der Waals surface area contributed by atoms with E-state index in [4.69, 9.17) is 9.97 Å². The molecule has 0 bridgehead atoms. The number of aryl methyl sites for hydroxylation is 2. The van der Waals surface area contributed by atoms with Gasteiger partial charge in [-0.2, -0.15) is 0 Å². The number of hydrogen-bond acceptors (Lipinski definition) is 3. The lowest BCUT2D eigenvalue weighted by Crippen LogP contribution is -2.16. The monoisotopic (exact) mass is 440 g/mol. The number of nitrogens with one attached hydrogen (secondary N) is 1. The van der Waals surface area contributed by atoms with Gasteiger partial charge < -0.3 is 4.98 Å². The van der Waals surface area contributed by atoms with E-state index in [1.165, 1.54) is 11.1 Å².